The molecule has 1 saturated heterocycles. The summed E-state index contributed by atoms with van der Waals surface area (Å²) in [6, 6.07) is 1.48. The lowest BCUT2D eigenvalue weighted by Gasteiger charge is -2.28. The number of aromatic nitrogens is 2. The lowest BCUT2D eigenvalue weighted by molar-refractivity contribution is -0.0524. The van der Waals surface area contributed by atoms with E-state index < -0.39 is 40.0 Å². The minimum atomic E-state index is -1.00. The summed E-state index contributed by atoms with van der Waals surface area (Å²) >= 11 is 0. The quantitative estimate of drug-likeness (QED) is 0.576. The van der Waals surface area contributed by atoms with Crippen LogP contribution in [-0.2, 0) is 9.16 Å². The van der Waals surface area contributed by atoms with Crippen molar-refractivity contribution in [1.29, 1.82) is 0 Å². The molecule has 4 atom stereocenters. The second-order valence-corrected chi connectivity index (χ2v) is 9.11. The smallest absolute Gasteiger partial charge is 0.351 e. The third-order valence-electron chi connectivity index (χ3n) is 4.24. The zero-order valence-electron chi connectivity index (χ0n) is 13.7. The first-order chi connectivity index (χ1) is 10.8. The van der Waals surface area contributed by atoms with Crippen LogP contribution in [0.3, 0.4) is 0 Å². The number of aliphatic hydroxyl groups excluding tert-OH is 2. The van der Waals surface area contributed by atoms with Gasteiger partial charge in [0.25, 0.3) is 0 Å². The minimum absolute atomic E-state index is 0.0614. The third kappa shape index (κ3) is 3.99. The van der Waals surface area contributed by atoms with E-state index in [4.69, 9.17) is 14.9 Å². The van der Waals surface area contributed by atoms with E-state index in [1.54, 1.807) is 0 Å². The van der Waals surface area contributed by atoms with Gasteiger partial charge in [0.15, 0.2) is 16.0 Å². The normalized spacial score (nSPS) is 28.7. The molecule has 0 radical (unpaired) electrons. The zero-order valence-corrected chi connectivity index (χ0v) is 15.1. The predicted octanol–water partition coefficient (Wildman–Crippen LogP) is -0.846. The molecule has 0 aromatic carbocycles. The standard InChI is InChI=1S/C14H25N3O5Si/c1-4-14(2,3)23-22-11-10(19)8(7-18)21-12(11)17-6-5-9(15)16-13(17)20/h5-6,8,10-12,18-19H,4,7,23H2,1-3H3,(H2,15,16,20). The van der Waals surface area contributed by atoms with Gasteiger partial charge in [-0.2, -0.15) is 4.98 Å². The molecule has 0 bridgehead atoms. The number of nitrogens with two attached hydrogens (primary N) is 1. The van der Waals surface area contributed by atoms with Crippen molar-refractivity contribution in [1.82, 2.24) is 9.55 Å². The number of nitrogens with zero attached hydrogens (tertiary/aromatic N) is 2. The molecule has 9 heteroatoms. The molecular weight excluding hydrogens is 318 g/mol. The number of nitrogen functional groups attached to an aromatic ring is 1. The van der Waals surface area contributed by atoms with Crippen molar-refractivity contribution < 1.29 is 19.4 Å². The van der Waals surface area contributed by atoms with Crippen molar-refractivity contribution in [3.8, 4) is 0 Å². The third-order valence-corrected chi connectivity index (χ3v) is 6.08. The van der Waals surface area contributed by atoms with Gasteiger partial charge in [-0.25, -0.2) is 4.79 Å². The maximum atomic E-state index is 12.0. The van der Waals surface area contributed by atoms with E-state index in [2.05, 4.69) is 25.8 Å². The maximum absolute atomic E-state index is 12.0. The van der Waals surface area contributed by atoms with Crippen molar-refractivity contribution in [3.63, 3.8) is 0 Å². The van der Waals surface area contributed by atoms with Gasteiger partial charge in [0.05, 0.1) is 6.61 Å². The van der Waals surface area contributed by atoms with Gasteiger partial charge in [-0.15, -0.1) is 0 Å². The molecule has 4 unspecified atom stereocenters. The fraction of sp³-hybridized carbons (Fsp3) is 0.714. The number of hydrogen-bond donors (Lipinski definition) is 3. The Hall–Kier alpha value is -1.26. The molecule has 1 fully saturated rings. The van der Waals surface area contributed by atoms with Crippen LogP contribution < -0.4 is 11.4 Å². The highest BCUT2D eigenvalue weighted by molar-refractivity contribution is 6.32. The van der Waals surface area contributed by atoms with Crippen LogP contribution in [0.25, 0.3) is 0 Å². The van der Waals surface area contributed by atoms with Crippen LogP contribution in [0, 0.1) is 0 Å². The van der Waals surface area contributed by atoms with Crippen molar-refractivity contribution >= 4 is 15.6 Å². The minimum Gasteiger partial charge on any atom is -0.413 e. The maximum Gasteiger partial charge on any atom is 0.351 e. The molecule has 1 aliphatic heterocycles. The van der Waals surface area contributed by atoms with E-state index in [0.29, 0.717) is 0 Å². The lowest BCUT2D eigenvalue weighted by atomic mass is 10.1. The van der Waals surface area contributed by atoms with Crippen molar-refractivity contribution in [2.45, 2.75) is 56.8 Å². The molecule has 2 rings (SSSR count). The van der Waals surface area contributed by atoms with Gasteiger partial charge < -0.3 is 25.1 Å². The van der Waals surface area contributed by atoms with Crippen LogP contribution in [0.5, 0.6) is 0 Å². The molecule has 130 valence electrons. The fourth-order valence-corrected chi connectivity index (χ4v) is 3.53. The molecule has 0 aliphatic carbocycles. The molecule has 23 heavy (non-hydrogen) atoms. The Kier molecular flexibility index (Phi) is 5.58. The number of aliphatic hydroxyl groups is 2. The summed E-state index contributed by atoms with van der Waals surface area (Å²) in [7, 11) is -0.991. The zero-order chi connectivity index (χ0) is 17.2. The second-order valence-electron chi connectivity index (χ2n) is 6.57. The van der Waals surface area contributed by atoms with Gasteiger partial charge in [0.1, 0.15) is 24.1 Å². The number of anilines is 1. The van der Waals surface area contributed by atoms with Gasteiger partial charge in [-0.05, 0) is 11.1 Å². The average Bonchev–Trinajstić information content (AvgIpc) is 2.81. The van der Waals surface area contributed by atoms with E-state index in [1.807, 2.05) is 0 Å². The van der Waals surface area contributed by atoms with Crippen molar-refractivity contribution in [3.05, 3.63) is 22.7 Å². The lowest BCUT2D eigenvalue weighted by Crippen LogP contribution is -2.40. The van der Waals surface area contributed by atoms with E-state index in [9.17, 15) is 15.0 Å². The van der Waals surface area contributed by atoms with Crippen LogP contribution in [0.15, 0.2) is 17.1 Å². The Morgan fingerprint density at radius 3 is 2.83 bits per heavy atom. The summed E-state index contributed by atoms with van der Waals surface area (Å²) < 4.78 is 12.9. The first-order valence-electron chi connectivity index (χ1n) is 7.69. The first kappa shape index (κ1) is 18.1. The Balaban J connectivity index is 2.25. The Bertz CT molecular complexity index is 594. The summed E-state index contributed by atoms with van der Waals surface area (Å²) in [5, 5.41) is 19.8. The Morgan fingerprint density at radius 1 is 1.57 bits per heavy atom. The first-order valence-corrected chi connectivity index (χ1v) is 8.98. The van der Waals surface area contributed by atoms with Crippen LogP contribution in [-0.4, -0.2) is 54.4 Å². The number of hydrogen-bond acceptors (Lipinski definition) is 7. The monoisotopic (exact) mass is 343 g/mol. The molecule has 0 spiro atoms. The fourth-order valence-electron chi connectivity index (χ4n) is 2.32. The van der Waals surface area contributed by atoms with Crippen LogP contribution in [0.2, 0.25) is 5.04 Å². The molecule has 1 aromatic rings. The van der Waals surface area contributed by atoms with Crippen LogP contribution in [0.4, 0.5) is 5.82 Å². The van der Waals surface area contributed by atoms with E-state index in [1.165, 1.54) is 16.8 Å². The molecule has 8 nitrogen and oxygen atoms in total. The Morgan fingerprint density at radius 2 is 2.26 bits per heavy atom. The van der Waals surface area contributed by atoms with Gasteiger partial charge in [-0.1, -0.05) is 27.2 Å². The largest absolute Gasteiger partial charge is 0.413 e. The number of rotatable bonds is 6. The predicted molar refractivity (Wildman–Crippen MR) is 87.7 cm³/mol. The van der Waals surface area contributed by atoms with Gasteiger partial charge in [0, 0.05) is 6.20 Å². The van der Waals surface area contributed by atoms with Crippen molar-refractivity contribution in [2.24, 2.45) is 0 Å². The molecule has 1 aromatic heterocycles. The highest BCUT2D eigenvalue weighted by atomic mass is 28.2. The summed E-state index contributed by atoms with van der Waals surface area (Å²) in [5.74, 6) is 0.113. The summed E-state index contributed by atoms with van der Waals surface area (Å²) in [6.07, 6.45) is -0.927. The van der Waals surface area contributed by atoms with Crippen LogP contribution in [0.1, 0.15) is 33.4 Å². The molecule has 1 aliphatic rings. The molecule has 2 heterocycles. The van der Waals surface area contributed by atoms with Crippen molar-refractivity contribution in [2.75, 3.05) is 12.3 Å². The summed E-state index contributed by atoms with van der Waals surface area (Å²) in [6.45, 7) is 5.95. The molecule has 0 amide bonds. The molecular formula is C14H25N3O5Si. The molecule has 4 N–H and O–H groups in total. The SMILES string of the molecule is CCC(C)(C)[SiH2]OC1C(O)C(CO)OC1n1ccc(N)nc1=O. The summed E-state index contributed by atoms with van der Waals surface area (Å²) in [4.78, 5) is 15.7. The van der Waals surface area contributed by atoms with E-state index >= 15 is 0 Å². The topological polar surface area (TPSA) is 120 Å². The summed E-state index contributed by atoms with van der Waals surface area (Å²) in [5.41, 5.74) is 4.92. The van der Waals surface area contributed by atoms with E-state index in [0.717, 1.165) is 6.42 Å². The highest BCUT2D eigenvalue weighted by Crippen LogP contribution is 2.34. The molecule has 0 saturated carbocycles. The van der Waals surface area contributed by atoms with Gasteiger partial charge in [0.2, 0.25) is 0 Å². The van der Waals surface area contributed by atoms with Crippen LogP contribution >= 0.6 is 0 Å². The van der Waals surface area contributed by atoms with E-state index in [-0.39, 0.29) is 17.5 Å². The van der Waals surface area contributed by atoms with Gasteiger partial charge >= 0.3 is 5.69 Å². The second kappa shape index (κ2) is 7.10. The highest BCUT2D eigenvalue weighted by Gasteiger charge is 2.45. The Labute approximate surface area is 137 Å². The van der Waals surface area contributed by atoms with Gasteiger partial charge in [-0.3, -0.25) is 4.57 Å². The number of ether oxygens (including phenoxy) is 1. The average molecular weight is 343 g/mol.